The Kier molecular flexibility index (Phi) is 20.6. The summed E-state index contributed by atoms with van der Waals surface area (Å²) in [5.74, 6) is -4.32. The Balaban J connectivity index is 2.82. The third kappa shape index (κ3) is 15.6. The van der Waals surface area contributed by atoms with E-state index >= 15 is 0 Å². The first kappa shape index (κ1) is 50.7. The molecule has 1 fully saturated rings. The van der Waals surface area contributed by atoms with Crippen LogP contribution in [0.25, 0.3) is 0 Å². The quantitative estimate of drug-likeness (QED) is 0.244. The molecule has 3 N–H and O–H groups in total. The van der Waals surface area contributed by atoms with E-state index in [4.69, 9.17) is 4.74 Å². The van der Waals surface area contributed by atoms with Gasteiger partial charge in [-0.3, -0.25) is 28.8 Å². The van der Waals surface area contributed by atoms with Gasteiger partial charge in [-0.15, -0.1) is 0 Å². The fourth-order valence-corrected chi connectivity index (χ4v) is 7.36. The first-order chi connectivity index (χ1) is 27.6. The van der Waals surface area contributed by atoms with Crippen molar-refractivity contribution in [2.45, 2.75) is 163 Å². The number of unbranched alkanes of at least 4 members (excludes halogenated alkanes) is 1. The molecule has 2 rings (SSSR count). The SMILES string of the molecule is CCCC[C@@H](C)C[C@@H]1NC(=O)[C@H](Cc2ccccc2)N(C)C(=O)[C@H](CC(C)C)NC(=O)[C@H](CC(C)C)N(C)C(=O)[C@H](CC(C)C)NC(=O)[C@@H](C)OC(=O)[C@H](C)N(C)C1=O. The van der Waals surface area contributed by atoms with Crippen LogP contribution in [0.2, 0.25) is 0 Å². The van der Waals surface area contributed by atoms with Crippen molar-refractivity contribution in [1.82, 2.24) is 30.7 Å². The highest BCUT2D eigenvalue weighted by Crippen LogP contribution is 2.21. The van der Waals surface area contributed by atoms with Crippen LogP contribution in [0.5, 0.6) is 0 Å². The monoisotopic (exact) mass is 827 g/mol. The van der Waals surface area contributed by atoms with Gasteiger partial charge in [0.05, 0.1) is 0 Å². The molecule has 0 spiro atoms. The molecule has 14 nitrogen and oxygen atoms in total. The molecule has 59 heavy (non-hydrogen) atoms. The lowest BCUT2D eigenvalue weighted by Gasteiger charge is -2.35. The molecule has 0 aromatic heterocycles. The molecular formula is C45H74N6O8. The smallest absolute Gasteiger partial charge is 0.329 e. The first-order valence-corrected chi connectivity index (χ1v) is 21.5. The van der Waals surface area contributed by atoms with Crippen LogP contribution in [0.4, 0.5) is 0 Å². The average Bonchev–Trinajstić information content (AvgIpc) is 3.17. The molecule has 0 saturated carbocycles. The molecule has 6 amide bonds. The van der Waals surface area contributed by atoms with Gasteiger partial charge in [-0.05, 0) is 68.8 Å². The number of cyclic esters (lactones) is 1. The number of carbonyl (C=O) groups excluding carboxylic acids is 7. The Morgan fingerprint density at radius 1 is 0.593 bits per heavy atom. The van der Waals surface area contributed by atoms with Crippen LogP contribution >= 0.6 is 0 Å². The van der Waals surface area contributed by atoms with E-state index in [1.165, 1.54) is 49.7 Å². The van der Waals surface area contributed by atoms with Crippen molar-refractivity contribution in [3.8, 4) is 0 Å². The van der Waals surface area contributed by atoms with Crippen molar-refractivity contribution in [2.75, 3.05) is 21.1 Å². The second-order valence-corrected chi connectivity index (χ2v) is 17.9. The van der Waals surface area contributed by atoms with Crippen LogP contribution in [-0.2, 0) is 44.7 Å². The van der Waals surface area contributed by atoms with Gasteiger partial charge in [-0.25, -0.2) is 4.79 Å². The van der Waals surface area contributed by atoms with Gasteiger partial charge in [-0.2, -0.15) is 0 Å². The molecule has 1 saturated heterocycles. The molecule has 1 aromatic carbocycles. The Morgan fingerprint density at radius 3 is 1.53 bits per heavy atom. The maximum Gasteiger partial charge on any atom is 0.329 e. The number of benzene rings is 1. The van der Waals surface area contributed by atoms with Crippen LogP contribution in [0, 0.1) is 23.7 Å². The van der Waals surface area contributed by atoms with E-state index in [-0.39, 0.29) is 55.8 Å². The zero-order valence-electron chi connectivity index (χ0n) is 38.0. The fourth-order valence-electron chi connectivity index (χ4n) is 7.36. The number of hydrogen-bond acceptors (Lipinski definition) is 8. The number of rotatable bonds is 13. The number of nitrogens with zero attached hydrogens (tertiary/aromatic N) is 3. The van der Waals surface area contributed by atoms with Crippen LogP contribution in [-0.4, -0.2) is 120 Å². The minimum Gasteiger partial charge on any atom is -0.451 e. The predicted octanol–water partition coefficient (Wildman–Crippen LogP) is 4.48. The van der Waals surface area contributed by atoms with Crippen molar-refractivity contribution < 1.29 is 38.3 Å². The molecule has 1 aliphatic rings. The number of carbonyl (C=O) groups is 7. The molecule has 0 radical (unpaired) electrons. The lowest BCUT2D eigenvalue weighted by atomic mass is 9.94. The predicted molar refractivity (Wildman–Crippen MR) is 229 cm³/mol. The second kappa shape index (κ2) is 23.9. The van der Waals surface area contributed by atoms with Gasteiger partial charge in [0, 0.05) is 27.6 Å². The van der Waals surface area contributed by atoms with E-state index in [2.05, 4.69) is 22.9 Å². The Bertz CT molecular complexity index is 1570. The number of hydrogen-bond donors (Lipinski definition) is 3. The van der Waals surface area contributed by atoms with Crippen molar-refractivity contribution >= 4 is 41.4 Å². The third-order valence-electron chi connectivity index (χ3n) is 11.1. The highest BCUT2D eigenvalue weighted by Gasteiger charge is 2.40. The van der Waals surface area contributed by atoms with Gasteiger partial charge < -0.3 is 35.4 Å². The lowest BCUT2D eigenvalue weighted by molar-refractivity contribution is -0.162. The lowest BCUT2D eigenvalue weighted by Crippen LogP contribution is -2.60. The number of likely N-dealkylation sites (N-methyl/N-ethyl adjacent to an activating group) is 3. The van der Waals surface area contributed by atoms with Gasteiger partial charge in [-0.1, -0.05) is 105 Å². The minimum absolute atomic E-state index is 0.0223. The van der Waals surface area contributed by atoms with Crippen LogP contribution in [0.15, 0.2) is 30.3 Å². The first-order valence-electron chi connectivity index (χ1n) is 21.5. The summed E-state index contributed by atoms with van der Waals surface area (Å²) in [5, 5.41) is 8.66. The van der Waals surface area contributed by atoms with E-state index in [0.717, 1.165) is 24.8 Å². The van der Waals surface area contributed by atoms with Gasteiger partial charge in [0.25, 0.3) is 5.91 Å². The molecule has 14 heteroatoms. The van der Waals surface area contributed by atoms with Gasteiger partial charge in [0.15, 0.2) is 6.10 Å². The maximum atomic E-state index is 14.7. The van der Waals surface area contributed by atoms with Crippen molar-refractivity contribution in [1.29, 1.82) is 0 Å². The van der Waals surface area contributed by atoms with E-state index in [1.807, 2.05) is 78.8 Å². The summed E-state index contributed by atoms with van der Waals surface area (Å²) in [6, 6.07) is 2.81. The topological polar surface area (TPSA) is 175 Å². The summed E-state index contributed by atoms with van der Waals surface area (Å²) < 4.78 is 5.58. The van der Waals surface area contributed by atoms with E-state index < -0.39 is 83.8 Å². The van der Waals surface area contributed by atoms with Crippen molar-refractivity contribution in [2.24, 2.45) is 23.7 Å². The zero-order chi connectivity index (χ0) is 44.7. The van der Waals surface area contributed by atoms with Gasteiger partial charge >= 0.3 is 5.97 Å². The van der Waals surface area contributed by atoms with E-state index in [9.17, 15) is 33.6 Å². The number of amides is 6. The summed E-state index contributed by atoms with van der Waals surface area (Å²) in [5.41, 5.74) is 0.778. The Morgan fingerprint density at radius 2 is 1.03 bits per heavy atom. The molecule has 1 aromatic rings. The average molecular weight is 827 g/mol. The molecule has 1 aliphatic heterocycles. The largest absolute Gasteiger partial charge is 0.451 e. The summed E-state index contributed by atoms with van der Waals surface area (Å²) in [4.78, 5) is 103. The van der Waals surface area contributed by atoms with Crippen LogP contribution in [0.1, 0.15) is 120 Å². The highest BCUT2D eigenvalue weighted by molar-refractivity contribution is 5.97. The summed E-state index contributed by atoms with van der Waals surface area (Å²) in [6.45, 7) is 18.5. The summed E-state index contributed by atoms with van der Waals surface area (Å²) >= 11 is 0. The standard InChI is InChI=1S/C45H74N6O8/c1-14-15-19-30(8)25-36-42(55)49(11)31(9)45(58)59-32(10)39(52)46-34(22-27(2)3)43(56)50(12)37(24-29(6)7)40(53)47-35(23-28(4)5)44(57)51(13)38(41(54)48-36)26-33-20-17-16-18-21-33/h16-18,20-21,27-32,34-38H,14-15,19,22-26H2,1-13H3,(H,46,52)(H,47,53)(H,48,54)/t30-,31+,32-,34+,35+,36+,37+,38+/m1/s1. The normalized spacial score (nSPS) is 25.8. The van der Waals surface area contributed by atoms with Gasteiger partial charge in [0.2, 0.25) is 29.5 Å². The van der Waals surface area contributed by atoms with Crippen LogP contribution < -0.4 is 16.0 Å². The summed E-state index contributed by atoms with van der Waals surface area (Å²) in [7, 11) is 4.48. The molecule has 1 heterocycles. The van der Waals surface area contributed by atoms with Crippen molar-refractivity contribution in [3.63, 3.8) is 0 Å². The van der Waals surface area contributed by atoms with E-state index in [1.54, 1.807) is 0 Å². The highest BCUT2D eigenvalue weighted by atomic mass is 16.5. The maximum absolute atomic E-state index is 14.7. The zero-order valence-corrected chi connectivity index (χ0v) is 38.0. The number of ether oxygens (including phenoxy) is 1. The summed E-state index contributed by atoms with van der Waals surface area (Å²) in [6.07, 6.45) is 2.48. The molecule has 332 valence electrons. The van der Waals surface area contributed by atoms with Crippen molar-refractivity contribution in [3.05, 3.63) is 35.9 Å². The van der Waals surface area contributed by atoms with Crippen LogP contribution in [0.3, 0.4) is 0 Å². The molecule has 0 unspecified atom stereocenters. The molecular weight excluding hydrogens is 753 g/mol. The number of nitrogens with one attached hydrogen (secondary N) is 3. The second-order valence-electron chi connectivity index (χ2n) is 17.9. The third-order valence-corrected chi connectivity index (χ3v) is 11.1. The Hall–Kier alpha value is -4.49. The molecule has 0 aliphatic carbocycles. The van der Waals surface area contributed by atoms with E-state index in [0.29, 0.717) is 0 Å². The molecule has 0 bridgehead atoms. The molecule has 8 atom stereocenters. The van der Waals surface area contributed by atoms with Gasteiger partial charge in [0.1, 0.15) is 36.3 Å². The fraction of sp³-hybridized carbons (Fsp3) is 0.711. The minimum atomic E-state index is -1.33. The Labute approximate surface area is 353 Å². The number of esters is 1.